The highest BCUT2D eigenvalue weighted by molar-refractivity contribution is 7.99. The maximum atomic E-state index is 13.5. The molecular formula is C29H27ClN2O4S2. The van der Waals surface area contributed by atoms with E-state index < -0.39 is 22.0 Å². The molecule has 4 aromatic carbocycles. The Morgan fingerprint density at radius 2 is 1.58 bits per heavy atom. The quantitative estimate of drug-likeness (QED) is 0.219. The third kappa shape index (κ3) is 7.39. The van der Waals surface area contributed by atoms with Crippen LogP contribution in [0.3, 0.4) is 0 Å². The van der Waals surface area contributed by atoms with E-state index >= 15 is 0 Å². The number of hydrogen-bond acceptors (Lipinski definition) is 5. The number of benzene rings is 4. The van der Waals surface area contributed by atoms with E-state index in [-0.39, 0.29) is 16.3 Å². The first-order valence-electron chi connectivity index (χ1n) is 12.0. The zero-order valence-electron chi connectivity index (χ0n) is 20.6. The highest BCUT2D eigenvalue weighted by Gasteiger charge is 2.27. The van der Waals surface area contributed by atoms with Gasteiger partial charge >= 0.3 is 0 Å². The van der Waals surface area contributed by atoms with Gasteiger partial charge in [-0.15, -0.1) is 0 Å². The van der Waals surface area contributed by atoms with Crippen LogP contribution in [0.1, 0.15) is 12.5 Å². The third-order valence-electron chi connectivity index (χ3n) is 5.53. The van der Waals surface area contributed by atoms with Crippen LogP contribution in [0.15, 0.2) is 118 Å². The molecule has 0 aliphatic carbocycles. The number of amides is 1. The zero-order valence-corrected chi connectivity index (χ0v) is 23.0. The molecule has 1 atom stereocenters. The van der Waals surface area contributed by atoms with Gasteiger partial charge in [-0.25, -0.2) is 8.42 Å². The van der Waals surface area contributed by atoms with Gasteiger partial charge < -0.3 is 10.1 Å². The fourth-order valence-electron chi connectivity index (χ4n) is 3.71. The largest absolute Gasteiger partial charge is 0.492 e. The van der Waals surface area contributed by atoms with Gasteiger partial charge in [0.25, 0.3) is 0 Å². The van der Waals surface area contributed by atoms with E-state index in [2.05, 4.69) is 10.0 Å². The molecule has 196 valence electrons. The fourth-order valence-corrected chi connectivity index (χ4v) is 6.15. The monoisotopic (exact) mass is 566 g/mol. The second-order valence-corrected chi connectivity index (χ2v) is 11.5. The Balaban J connectivity index is 1.60. The molecular weight excluding hydrogens is 540 g/mol. The van der Waals surface area contributed by atoms with Crippen LogP contribution in [-0.4, -0.2) is 27.0 Å². The summed E-state index contributed by atoms with van der Waals surface area (Å²) >= 11 is 7.74. The summed E-state index contributed by atoms with van der Waals surface area (Å²) < 4.78 is 34.6. The van der Waals surface area contributed by atoms with Gasteiger partial charge in [-0.2, -0.15) is 4.72 Å². The number of anilines is 1. The Labute approximate surface area is 232 Å². The van der Waals surface area contributed by atoms with Crippen LogP contribution in [0.5, 0.6) is 5.75 Å². The average molecular weight is 567 g/mol. The molecule has 0 spiro atoms. The second-order valence-electron chi connectivity index (χ2n) is 8.29. The highest BCUT2D eigenvalue weighted by atomic mass is 35.5. The van der Waals surface area contributed by atoms with Gasteiger partial charge in [0, 0.05) is 9.79 Å². The van der Waals surface area contributed by atoms with E-state index in [0.717, 1.165) is 15.4 Å². The van der Waals surface area contributed by atoms with Gasteiger partial charge in [0.05, 0.1) is 22.2 Å². The number of para-hydroxylation sites is 1. The Bertz CT molecular complexity index is 1480. The summed E-state index contributed by atoms with van der Waals surface area (Å²) in [5.74, 6) is -0.0882. The molecule has 0 bridgehead atoms. The summed E-state index contributed by atoms with van der Waals surface area (Å²) in [6, 6.07) is 29.6. The van der Waals surface area contributed by atoms with Crippen molar-refractivity contribution in [3.8, 4) is 5.75 Å². The lowest BCUT2D eigenvalue weighted by molar-refractivity contribution is -0.117. The predicted octanol–water partition coefficient (Wildman–Crippen LogP) is 6.42. The fraction of sp³-hybridized carbons (Fsp3) is 0.138. The van der Waals surface area contributed by atoms with E-state index in [0.29, 0.717) is 18.0 Å². The normalized spacial score (nSPS) is 12.1. The molecule has 1 amide bonds. The molecule has 2 N–H and O–H groups in total. The Hall–Kier alpha value is -3.30. The van der Waals surface area contributed by atoms with Crippen molar-refractivity contribution in [2.24, 2.45) is 0 Å². The summed E-state index contributed by atoms with van der Waals surface area (Å²) in [5.41, 5.74) is 1.40. The van der Waals surface area contributed by atoms with Crippen LogP contribution in [0.2, 0.25) is 5.02 Å². The van der Waals surface area contributed by atoms with Crippen LogP contribution in [-0.2, 0) is 21.2 Å². The molecule has 0 aromatic heterocycles. The molecule has 4 rings (SSSR count). The smallest absolute Gasteiger partial charge is 0.242 e. The van der Waals surface area contributed by atoms with Crippen molar-refractivity contribution in [2.75, 3.05) is 11.9 Å². The second kappa shape index (κ2) is 13.0. The average Bonchev–Trinajstić information content (AvgIpc) is 2.91. The van der Waals surface area contributed by atoms with E-state index in [1.54, 1.807) is 6.07 Å². The number of ether oxygens (including phenoxy) is 1. The van der Waals surface area contributed by atoms with E-state index in [4.69, 9.17) is 16.3 Å². The van der Waals surface area contributed by atoms with Crippen molar-refractivity contribution in [3.63, 3.8) is 0 Å². The number of carbonyl (C=O) groups excluding carboxylic acids is 1. The van der Waals surface area contributed by atoms with E-state index in [9.17, 15) is 13.2 Å². The SMILES string of the molecule is CCOc1ccc(S(=O)(=O)NC(Cc2ccccc2)C(=O)Nc2ccccc2Sc2ccccc2)cc1Cl. The van der Waals surface area contributed by atoms with Crippen molar-refractivity contribution in [3.05, 3.63) is 114 Å². The Morgan fingerprint density at radius 3 is 2.26 bits per heavy atom. The van der Waals surface area contributed by atoms with E-state index in [1.807, 2.05) is 85.8 Å². The summed E-state index contributed by atoms with van der Waals surface area (Å²) in [6.45, 7) is 2.21. The van der Waals surface area contributed by atoms with Gasteiger partial charge in [0.15, 0.2) is 0 Å². The van der Waals surface area contributed by atoms with Crippen LogP contribution in [0.25, 0.3) is 0 Å². The number of rotatable bonds is 11. The van der Waals surface area contributed by atoms with Gasteiger partial charge in [-0.05, 0) is 61.4 Å². The maximum Gasteiger partial charge on any atom is 0.242 e. The van der Waals surface area contributed by atoms with Gasteiger partial charge in [-0.1, -0.05) is 84.0 Å². The Kier molecular flexibility index (Phi) is 9.47. The van der Waals surface area contributed by atoms with E-state index in [1.165, 1.54) is 30.0 Å². The van der Waals surface area contributed by atoms with Crippen LogP contribution < -0.4 is 14.8 Å². The number of sulfonamides is 1. The van der Waals surface area contributed by atoms with Crippen molar-refractivity contribution in [1.82, 2.24) is 4.72 Å². The zero-order chi connectivity index (χ0) is 27.0. The van der Waals surface area contributed by atoms with Crippen molar-refractivity contribution in [1.29, 1.82) is 0 Å². The minimum Gasteiger partial charge on any atom is -0.492 e. The first-order valence-corrected chi connectivity index (χ1v) is 14.6. The molecule has 0 aliphatic rings. The molecule has 9 heteroatoms. The third-order valence-corrected chi connectivity index (χ3v) is 8.37. The van der Waals surface area contributed by atoms with Gasteiger partial charge in [0.2, 0.25) is 15.9 Å². The van der Waals surface area contributed by atoms with Gasteiger partial charge in [-0.3, -0.25) is 4.79 Å². The highest BCUT2D eigenvalue weighted by Crippen LogP contribution is 2.33. The van der Waals surface area contributed by atoms with Crippen molar-refractivity contribution in [2.45, 2.75) is 34.1 Å². The first kappa shape index (κ1) is 27.7. The lowest BCUT2D eigenvalue weighted by atomic mass is 10.1. The number of carbonyl (C=O) groups is 1. The maximum absolute atomic E-state index is 13.5. The van der Waals surface area contributed by atoms with Crippen LogP contribution in [0.4, 0.5) is 5.69 Å². The molecule has 0 heterocycles. The number of halogens is 1. The summed E-state index contributed by atoms with van der Waals surface area (Å²) in [4.78, 5) is 15.3. The first-order chi connectivity index (χ1) is 18.4. The molecule has 38 heavy (non-hydrogen) atoms. The minimum atomic E-state index is -4.09. The standard InChI is InChI=1S/C29H27ClN2O4S2/c1-2-36-27-18-17-23(20-24(27)30)38(34,35)32-26(19-21-11-5-3-6-12-21)29(33)31-25-15-9-10-16-28(25)37-22-13-7-4-8-14-22/h3-18,20,26,32H,2,19H2,1H3,(H,31,33). The molecule has 0 fully saturated rings. The van der Waals surface area contributed by atoms with Crippen LogP contribution in [0, 0.1) is 0 Å². The molecule has 6 nitrogen and oxygen atoms in total. The summed E-state index contributed by atoms with van der Waals surface area (Å²) in [6.07, 6.45) is 0.157. The summed E-state index contributed by atoms with van der Waals surface area (Å²) in [7, 11) is -4.09. The molecule has 0 saturated heterocycles. The van der Waals surface area contributed by atoms with Crippen molar-refractivity contribution >= 4 is 45.0 Å². The van der Waals surface area contributed by atoms with Gasteiger partial charge in [0.1, 0.15) is 11.8 Å². The predicted molar refractivity (Wildman–Crippen MR) is 153 cm³/mol. The van der Waals surface area contributed by atoms with Crippen LogP contribution >= 0.6 is 23.4 Å². The summed E-state index contributed by atoms with van der Waals surface area (Å²) in [5, 5.41) is 3.10. The molecule has 4 aromatic rings. The number of nitrogens with one attached hydrogen (secondary N) is 2. The number of hydrogen-bond donors (Lipinski definition) is 2. The molecule has 0 saturated carbocycles. The molecule has 0 aliphatic heterocycles. The lowest BCUT2D eigenvalue weighted by Crippen LogP contribution is -2.45. The topological polar surface area (TPSA) is 84.5 Å². The molecule has 0 radical (unpaired) electrons. The lowest BCUT2D eigenvalue weighted by Gasteiger charge is -2.20. The Morgan fingerprint density at radius 1 is 0.921 bits per heavy atom. The van der Waals surface area contributed by atoms with Crippen molar-refractivity contribution < 1.29 is 17.9 Å². The molecule has 1 unspecified atom stereocenters. The minimum absolute atomic E-state index is 0.0585.